The van der Waals surface area contributed by atoms with E-state index in [4.69, 9.17) is 0 Å². The van der Waals surface area contributed by atoms with Gasteiger partial charge in [-0.3, -0.25) is 4.79 Å². The summed E-state index contributed by atoms with van der Waals surface area (Å²) >= 11 is 0. The molecule has 0 atom stereocenters. The Morgan fingerprint density at radius 2 is 1.95 bits per heavy atom. The van der Waals surface area contributed by atoms with Crippen LogP contribution in [0.1, 0.15) is 22.3 Å². The number of alkyl halides is 3. The Kier molecular flexibility index (Phi) is 3.16. The van der Waals surface area contributed by atoms with E-state index in [-0.39, 0.29) is 5.78 Å². The molecule has 3 rings (SSSR count). The third-order valence-corrected chi connectivity index (χ3v) is 3.33. The van der Waals surface area contributed by atoms with Gasteiger partial charge in [0.15, 0.2) is 5.78 Å². The van der Waals surface area contributed by atoms with Gasteiger partial charge in [-0.25, -0.2) is 4.98 Å². The molecule has 0 amide bonds. The second-order valence-electron chi connectivity index (χ2n) is 4.77. The van der Waals surface area contributed by atoms with Crippen molar-refractivity contribution in [3.63, 3.8) is 0 Å². The van der Waals surface area contributed by atoms with Crippen LogP contribution in [-0.2, 0) is 6.18 Å². The van der Waals surface area contributed by atoms with Crippen LogP contribution < -0.4 is 5.32 Å². The molecule has 108 valence electrons. The number of nitrogens with one attached hydrogen (secondary N) is 1. The van der Waals surface area contributed by atoms with Crippen LogP contribution in [0.15, 0.2) is 36.4 Å². The molecule has 0 radical (unpaired) electrons. The number of halogens is 3. The molecule has 3 nitrogen and oxygen atoms in total. The first kappa shape index (κ1) is 13.6. The Morgan fingerprint density at radius 1 is 1.14 bits per heavy atom. The molecular formula is C15H11F3N2O. The number of nitrogens with zero attached hydrogens (tertiary/aromatic N) is 1. The van der Waals surface area contributed by atoms with Crippen LogP contribution in [0.5, 0.6) is 0 Å². The molecule has 1 aromatic heterocycles. The minimum absolute atomic E-state index is 0.00755. The van der Waals surface area contributed by atoms with E-state index in [0.717, 1.165) is 12.1 Å². The summed E-state index contributed by atoms with van der Waals surface area (Å²) in [6.07, 6.45) is -3.99. The third kappa shape index (κ3) is 2.61. The van der Waals surface area contributed by atoms with Gasteiger partial charge < -0.3 is 5.32 Å². The molecule has 0 bridgehead atoms. The van der Waals surface area contributed by atoms with Crippen molar-refractivity contribution >= 4 is 11.6 Å². The van der Waals surface area contributed by atoms with Gasteiger partial charge in [0, 0.05) is 18.5 Å². The molecular weight excluding hydrogens is 281 g/mol. The molecule has 2 aromatic rings. The molecule has 6 heteroatoms. The van der Waals surface area contributed by atoms with Gasteiger partial charge in [0.1, 0.15) is 5.82 Å². The van der Waals surface area contributed by atoms with Crippen LogP contribution in [0.25, 0.3) is 11.3 Å². The molecule has 0 fully saturated rings. The van der Waals surface area contributed by atoms with Gasteiger partial charge in [-0.05, 0) is 24.3 Å². The van der Waals surface area contributed by atoms with Crippen LogP contribution in [-0.4, -0.2) is 17.3 Å². The average molecular weight is 292 g/mol. The first-order valence-corrected chi connectivity index (χ1v) is 6.41. The fraction of sp³-hybridized carbons (Fsp3) is 0.200. The van der Waals surface area contributed by atoms with E-state index in [9.17, 15) is 18.0 Å². The van der Waals surface area contributed by atoms with Gasteiger partial charge in [0.05, 0.1) is 16.8 Å². The lowest BCUT2D eigenvalue weighted by Gasteiger charge is -2.17. The SMILES string of the molecule is O=C1CCNc2nc(-c3cccc(C(F)(F)F)c3)ccc21. The lowest BCUT2D eigenvalue weighted by molar-refractivity contribution is -0.137. The Hall–Kier alpha value is -2.37. The van der Waals surface area contributed by atoms with Crippen LogP contribution in [0.3, 0.4) is 0 Å². The number of carbonyl (C=O) groups is 1. The zero-order chi connectivity index (χ0) is 15.0. The van der Waals surface area contributed by atoms with Gasteiger partial charge in [0.2, 0.25) is 0 Å². The van der Waals surface area contributed by atoms with E-state index in [0.29, 0.717) is 35.6 Å². The smallest absolute Gasteiger partial charge is 0.369 e. The van der Waals surface area contributed by atoms with Gasteiger partial charge in [-0.15, -0.1) is 0 Å². The summed E-state index contributed by atoms with van der Waals surface area (Å²) in [4.78, 5) is 15.9. The van der Waals surface area contributed by atoms with Crippen molar-refractivity contribution in [2.45, 2.75) is 12.6 Å². The summed E-state index contributed by atoms with van der Waals surface area (Å²) < 4.78 is 38.2. The standard InChI is InChI=1S/C15H11F3N2O/c16-15(17,18)10-3-1-2-9(8-10)12-5-4-11-13(21)6-7-19-14(11)20-12/h1-5,8H,6-7H2,(H,19,20). The highest BCUT2D eigenvalue weighted by Gasteiger charge is 2.30. The van der Waals surface area contributed by atoms with Crippen LogP contribution >= 0.6 is 0 Å². The first-order chi connectivity index (χ1) is 9.95. The second kappa shape index (κ2) is 4.87. The Morgan fingerprint density at radius 3 is 2.71 bits per heavy atom. The zero-order valence-corrected chi connectivity index (χ0v) is 10.9. The molecule has 2 heterocycles. The number of carbonyl (C=O) groups excluding carboxylic acids is 1. The molecule has 0 unspecified atom stereocenters. The maximum atomic E-state index is 12.7. The monoisotopic (exact) mass is 292 g/mol. The largest absolute Gasteiger partial charge is 0.416 e. The number of aromatic nitrogens is 1. The lowest BCUT2D eigenvalue weighted by atomic mass is 10.0. The molecule has 21 heavy (non-hydrogen) atoms. The zero-order valence-electron chi connectivity index (χ0n) is 10.9. The molecule has 0 saturated carbocycles. The molecule has 1 aliphatic rings. The highest BCUT2D eigenvalue weighted by Crippen LogP contribution is 2.32. The molecule has 1 aliphatic heterocycles. The van der Waals surface area contributed by atoms with Crippen LogP contribution in [0.4, 0.5) is 19.0 Å². The van der Waals surface area contributed by atoms with Gasteiger partial charge in [-0.1, -0.05) is 12.1 Å². The van der Waals surface area contributed by atoms with Gasteiger partial charge in [-0.2, -0.15) is 13.2 Å². The summed E-state index contributed by atoms with van der Waals surface area (Å²) in [7, 11) is 0. The highest BCUT2D eigenvalue weighted by atomic mass is 19.4. The highest BCUT2D eigenvalue weighted by molar-refractivity contribution is 6.02. The topological polar surface area (TPSA) is 42.0 Å². The number of rotatable bonds is 1. The average Bonchev–Trinajstić information content (AvgIpc) is 2.46. The Balaban J connectivity index is 2.03. The van der Waals surface area contributed by atoms with E-state index in [2.05, 4.69) is 10.3 Å². The summed E-state index contributed by atoms with van der Waals surface area (Å²) in [5, 5.41) is 2.99. The number of Topliss-reactive ketones (excluding diaryl/α,β-unsaturated/α-hetero) is 1. The van der Waals surface area contributed by atoms with Crippen molar-refractivity contribution in [3.8, 4) is 11.3 Å². The molecule has 0 spiro atoms. The van der Waals surface area contributed by atoms with Crippen molar-refractivity contribution in [3.05, 3.63) is 47.5 Å². The number of benzene rings is 1. The minimum atomic E-state index is -4.39. The van der Waals surface area contributed by atoms with Gasteiger partial charge >= 0.3 is 6.18 Å². The number of anilines is 1. The Labute approximate surface area is 118 Å². The minimum Gasteiger partial charge on any atom is -0.369 e. The molecule has 1 aromatic carbocycles. The molecule has 0 saturated heterocycles. The van der Waals surface area contributed by atoms with Crippen molar-refractivity contribution in [2.24, 2.45) is 0 Å². The van der Waals surface area contributed by atoms with E-state index in [1.54, 1.807) is 18.2 Å². The maximum absolute atomic E-state index is 12.7. The number of fused-ring (bicyclic) bond motifs is 1. The predicted octanol–water partition coefficient (Wildman–Crippen LogP) is 3.77. The predicted molar refractivity (Wildman–Crippen MR) is 72.1 cm³/mol. The first-order valence-electron chi connectivity index (χ1n) is 6.41. The summed E-state index contributed by atoms with van der Waals surface area (Å²) in [6.45, 7) is 0.491. The van der Waals surface area contributed by atoms with Crippen molar-refractivity contribution in [1.29, 1.82) is 0 Å². The second-order valence-corrected chi connectivity index (χ2v) is 4.77. The quantitative estimate of drug-likeness (QED) is 0.870. The van der Waals surface area contributed by atoms with Crippen molar-refractivity contribution < 1.29 is 18.0 Å². The molecule has 0 aliphatic carbocycles. The Bertz CT molecular complexity index is 710. The van der Waals surface area contributed by atoms with Crippen molar-refractivity contribution in [1.82, 2.24) is 4.98 Å². The summed E-state index contributed by atoms with van der Waals surface area (Å²) in [5.74, 6) is 0.424. The number of hydrogen-bond acceptors (Lipinski definition) is 3. The number of hydrogen-bond donors (Lipinski definition) is 1. The summed E-state index contributed by atoms with van der Waals surface area (Å²) in [5.41, 5.74) is 0.537. The third-order valence-electron chi connectivity index (χ3n) is 3.33. The molecule has 1 N–H and O–H groups in total. The normalized spacial score (nSPS) is 14.5. The summed E-state index contributed by atoms with van der Waals surface area (Å²) in [6, 6.07) is 8.15. The number of pyridine rings is 1. The van der Waals surface area contributed by atoms with E-state index in [1.807, 2.05) is 0 Å². The lowest BCUT2D eigenvalue weighted by Crippen LogP contribution is -2.19. The fourth-order valence-corrected chi connectivity index (χ4v) is 2.26. The van der Waals surface area contributed by atoms with Crippen molar-refractivity contribution in [2.75, 3.05) is 11.9 Å². The van der Waals surface area contributed by atoms with E-state index >= 15 is 0 Å². The van der Waals surface area contributed by atoms with E-state index in [1.165, 1.54) is 6.07 Å². The maximum Gasteiger partial charge on any atom is 0.416 e. The fourth-order valence-electron chi connectivity index (χ4n) is 2.26. The van der Waals surface area contributed by atoms with Crippen LogP contribution in [0, 0.1) is 0 Å². The number of ketones is 1. The van der Waals surface area contributed by atoms with Crippen LogP contribution in [0.2, 0.25) is 0 Å². The van der Waals surface area contributed by atoms with E-state index < -0.39 is 11.7 Å². The van der Waals surface area contributed by atoms with Gasteiger partial charge in [0.25, 0.3) is 0 Å².